The minimum atomic E-state index is -0.335. The summed E-state index contributed by atoms with van der Waals surface area (Å²) in [5.41, 5.74) is 2.05. The van der Waals surface area contributed by atoms with E-state index in [1.54, 1.807) is 19.1 Å². The van der Waals surface area contributed by atoms with Crippen molar-refractivity contribution in [1.82, 2.24) is 9.88 Å². The van der Waals surface area contributed by atoms with Crippen molar-refractivity contribution in [3.63, 3.8) is 0 Å². The Hall–Kier alpha value is -2.30. The molecule has 2 heterocycles. The molecule has 0 bridgehead atoms. The van der Waals surface area contributed by atoms with E-state index >= 15 is 0 Å². The number of amides is 1. The molecule has 0 fully saturated rings. The van der Waals surface area contributed by atoms with Gasteiger partial charge in [-0.2, -0.15) is 0 Å². The van der Waals surface area contributed by atoms with Gasteiger partial charge in [0.15, 0.2) is 0 Å². The first-order valence-electron chi connectivity index (χ1n) is 6.72. The van der Waals surface area contributed by atoms with Gasteiger partial charge in [0.05, 0.1) is 12.2 Å². The molecule has 0 aliphatic carbocycles. The maximum absolute atomic E-state index is 11.9. The zero-order chi connectivity index (χ0) is 14.3. The summed E-state index contributed by atoms with van der Waals surface area (Å²) in [5.74, 6) is -0.408. The van der Waals surface area contributed by atoms with Crippen LogP contribution in [0.2, 0.25) is 0 Å². The van der Waals surface area contributed by atoms with Crippen molar-refractivity contribution in [1.29, 1.82) is 0 Å². The molecular formula is C15H16N2O3. The first-order valence-corrected chi connectivity index (χ1v) is 6.72. The number of esters is 1. The van der Waals surface area contributed by atoms with Crippen molar-refractivity contribution in [3.05, 3.63) is 35.5 Å². The highest BCUT2D eigenvalue weighted by Crippen LogP contribution is 2.27. The molecule has 104 valence electrons. The van der Waals surface area contributed by atoms with Crippen LogP contribution in [0.25, 0.3) is 10.9 Å². The second kappa shape index (κ2) is 4.67. The van der Waals surface area contributed by atoms with E-state index < -0.39 is 0 Å². The zero-order valence-corrected chi connectivity index (χ0v) is 11.5. The molecule has 0 saturated carbocycles. The predicted octanol–water partition coefficient (Wildman–Crippen LogP) is 2.12. The van der Waals surface area contributed by atoms with Crippen LogP contribution >= 0.6 is 0 Å². The summed E-state index contributed by atoms with van der Waals surface area (Å²) in [6.45, 7) is 4.77. The standard InChI is InChI=1S/C15H16N2O3/c1-3-20-15(19)11-5-4-10-6-13-14(18)16-8-9(2)17(13)12(10)7-11/h4-7,9H,3,8H2,1-2H3,(H,16,18)/t9-/m0/s1. The van der Waals surface area contributed by atoms with E-state index in [0.29, 0.717) is 24.4 Å². The SMILES string of the molecule is CCOC(=O)c1ccc2cc3n(c2c1)[C@@H](C)CNC3=O. The number of hydrogen-bond donors (Lipinski definition) is 1. The number of benzene rings is 1. The molecule has 3 rings (SSSR count). The number of carbonyl (C=O) groups excluding carboxylic acids is 2. The molecule has 0 radical (unpaired) electrons. The van der Waals surface area contributed by atoms with Gasteiger partial charge in [0.1, 0.15) is 5.69 Å². The van der Waals surface area contributed by atoms with Crippen molar-refractivity contribution in [2.24, 2.45) is 0 Å². The van der Waals surface area contributed by atoms with Crippen LogP contribution in [0, 0.1) is 0 Å². The maximum Gasteiger partial charge on any atom is 0.338 e. The zero-order valence-electron chi connectivity index (χ0n) is 11.5. The van der Waals surface area contributed by atoms with E-state index in [4.69, 9.17) is 4.74 Å². The molecule has 0 unspecified atom stereocenters. The molecule has 1 N–H and O–H groups in total. The molecule has 1 atom stereocenters. The van der Waals surface area contributed by atoms with Gasteiger partial charge < -0.3 is 14.6 Å². The molecule has 1 aromatic heterocycles. The highest BCUT2D eigenvalue weighted by Gasteiger charge is 2.24. The van der Waals surface area contributed by atoms with Crippen LogP contribution in [0.4, 0.5) is 0 Å². The lowest BCUT2D eigenvalue weighted by atomic mass is 10.1. The third-order valence-corrected chi connectivity index (χ3v) is 3.58. The van der Waals surface area contributed by atoms with Gasteiger partial charge in [0.2, 0.25) is 0 Å². The smallest absolute Gasteiger partial charge is 0.338 e. The summed E-state index contributed by atoms with van der Waals surface area (Å²) in [6.07, 6.45) is 0. The minimum absolute atomic E-state index is 0.0722. The number of nitrogens with zero attached hydrogens (tertiary/aromatic N) is 1. The Kier molecular flexibility index (Phi) is 2.97. The number of aromatic nitrogens is 1. The Morgan fingerprint density at radius 2 is 2.25 bits per heavy atom. The average Bonchev–Trinajstić information content (AvgIpc) is 2.83. The van der Waals surface area contributed by atoms with Gasteiger partial charge >= 0.3 is 5.97 Å². The van der Waals surface area contributed by atoms with E-state index in [0.717, 1.165) is 10.9 Å². The molecule has 1 aromatic carbocycles. The van der Waals surface area contributed by atoms with E-state index in [2.05, 4.69) is 5.32 Å². The summed E-state index contributed by atoms with van der Waals surface area (Å²) in [7, 11) is 0. The number of rotatable bonds is 2. The summed E-state index contributed by atoms with van der Waals surface area (Å²) >= 11 is 0. The monoisotopic (exact) mass is 272 g/mol. The van der Waals surface area contributed by atoms with Crippen LogP contribution in [-0.4, -0.2) is 29.6 Å². The molecule has 1 aliphatic rings. The van der Waals surface area contributed by atoms with E-state index in [-0.39, 0.29) is 17.9 Å². The number of hydrogen-bond acceptors (Lipinski definition) is 3. The van der Waals surface area contributed by atoms with Crippen molar-refractivity contribution in [3.8, 4) is 0 Å². The molecule has 2 aromatic rings. The van der Waals surface area contributed by atoms with Gasteiger partial charge in [-0.05, 0) is 32.0 Å². The fraction of sp³-hybridized carbons (Fsp3) is 0.333. The highest BCUT2D eigenvalue weighted by molar-refractivity contribution is 6.01. The first-order chi connectivity index (χ1) is 9.61. The van der Waals surface area contributed by atoms with Crippen LogP contribution < -0.4 is 5.32 Å². The molecule has 20 heavy (non-hydrogen) atoms. The highest BCUT2D eigenvalue weighted by atomic mass is 16.5. The fourth-order valence-corrected chi connectivity index (χ4v) is 2.63. The van der Waals surface area contributed by atoms with Crippen LogP contribution in [-0.2, 0) is 4.74 Å². The minimum Gasteiger partial charge on any atom is -0.462 e. The van der Waals surface area contributed by atoms with Crippen molar-refractivity contribution < 1.29 is 14.3 Å². The Morgan fingerprint density at radius 3 is 3.00 bits per heavy atom. The summed E-state index contributed by atoms with van der Waals surface area (Å²) < 4.78 is 7.00. The maximum atomic E-state index is 11.9. The number of nitrogens with one attached hydrogen (secondary N) is 1. The first kappa shape index (κ1) is 12.7. The largest absolute Gasteiger partial charge is 0.462 e. The second-order valence-electron chi connectivity index (χ2n) is 4.95. The Labute approximate surface area is 116 Å². The number of fused-ring (bicyclic) bond motifs is 3. The van der Waals surface area contributed by atoms with E-state index in [1.165, 1.54) is 0 Å². The third kappa shape index (κ3) is 1.86. The quantitative estimate of drug-likeness (QED) is 0.852. The van der Waals surface area contributed by atoms with Crippen molar-refractivity contribution in [2.45, 2.75) is 19.9 Å². The van der Waals surface area contributed by atoms with Crippen LogP contribution in [0.3, 0.4) is 0 Å². The molecule has 1 amide bonds. The lowest BCUT2D eigenvalue weighted by Gasteiger charge is -2.24. The molecule has 1 aliphatic heterocycles. The Bertz CT molecular complexity index is 702. The van der Waals surface area contributed by atoms with Gasteiger partial charge in [-0.1, -0.05) is 6.07 Å². The van der Waals surface area contributed by atoms with Crippen molar-refractivity contribution >= 4 is 22.8 Å². The van der Waals surface area contributed by atoms with Crippen LogP contribution in [0.1, 0.15) is 40.7 Å². The summed E-state index contributed by atoms with van der Waals surface area (Å²) in [5, 5.41) is 3.81. The molecule has 5 nitrogen and oxygen atoms in total. The van der Waals surface area contributed by atoms with Gasteiger partial charge in [0.25, 0.3) is 5.91 Å². The lowest BCUT2D eigenvalue weighted by molar-refractivity contribution is 0.0526. The summed E-state index contributed by atoms with van der Waals surface area (Å²) in [4.78, 5) is 23.7. The van der Waals surface area contributed by atoms with Crippen molar-refractivity contribution in [2.75, 3.05) is 13.2 Å². The topological polar surface area (TPSA) is 60.3 Å². The predicted molar refractivity (Wildman–Crippen MR) is 74.9 cm³/mol. The number of ether oxygens (including phenoxy) is 1. The second-order valence-corrected chi connectivity index (χ2v) is 4.95. The number of carbonyl (C=O) groups is 2. The van der Waals surface area contributed by atoms with E-state index in [1.807, 2.05) is 23.6 Å². The van der Waals surface area contributed by atoms with Gasteiger partial charge in [-0.3, -0.25) is 4.79 Å². The summed E-state index contributed by atoms with van der Waals surface area (Å²) in [6, 6.07) is 7.40. The van der Waals surface area contributed by atoms with E-state index in [9.17, 15) is 9.59 Å². The molecule has 0 spiro atoms. The van der Waals surface area contributed by atoms with Gasteiger partial charge in [0, 0.05) is 23.5 Å². The average molecular weight is 272 g/mol. The van der Waals surface area contributed by atoms with Crippen LogP contribution in [0.15, 0.2) is 24.3 Å². The molecule has 0 saturated heterocycles. The normalized spacial score (nSPS) is 17.7. The Balaban J connectivity index is 2.16. The van der Waals surface area contributed by atoms with Gasteiger partial charge in [-0.25, -0.2) is 4.79 Å². The molecular weight excluding hydrogens is 256 g/mol. The van der Waals surface area contributed by atoms with Crippen LogP contribution in [0.5, 0.6) is 0 Å². The lowest BCUT2D eigenvalue weighted by Crippen LogP contribution is -2.37. The Morgan fingerprint density at radius 1 is 1.45 bits per heavy atom. The fourth-order valence-electron chi connectivity index (χ4n) is 2.63. The molecule has 5 heteroatoms. The third-order valence-electron chi connectivity index (χ3n) is 3.58. The van der Waals surface area contributed by atoms with Gasteiger partial charge in [-0.15, -0.1) is 0 Å².